The number of amides is 4. The van der Waals surface area contributed by atoms with Crippen molar-refractivity contribution in [1.29, 1.82) is 0 Å². The third kappa shape index (κ3) is 3.75. The lowest BCUT2D eigenvalue weighted by Gasteiger charge is -2.25. The summed E-state index contributed by atoms with van der Waals surface area (Å²) in [5, 5.41) is 20.2. The van der Waals surface area contributed by atoms with E-state index in [-0.39, 0.29) is 31.9 Å². The van der Waals surface area contributed by atoms with Crippen LogP contribution in [0.3, 0.4) is 0 Å². The molecule has 0 radical (unpaired) electrons. The Morgan fingerprint density at radius 2 is 2.00 bits per heavy atom. The fourth-order valence-electron chi connectivity index (χ4n) is 1.68. The number of urea groups is 1. The van der Waals surface area contributed by atoms with Crippen LogP contribution >= 0.6 is 0 Å². The standard InChI is InChI=1S/C10H12N6O5/c17-7-4-15(5-8(18)12-7)10(21)11-1-2-16-3-6(9(19)20)13-14-16/h3H,1-2,4-5H2,(H,11,21)(H,19,20)(H,12,17,18). The highest BCUT2D eigenvalue weighted by Gasteiger charge is 2.25. The number of imide groups is 1. The van der Waals surface area contributed by atoms with E-state index in [2.05, 4.69) is 20.9 Å². The molecule has 1 aliphatic rings. The van der Waals surface area contributed by atoms with E-state index in [9.17, 15) is 19.2 Å². The summed E-state index contributed by atoms with van der Waals surface area (Å²) in [5.41, 5.74) is -0.195. The van der Waals surface area contributed by atoms with Gasteiger partial charge in [-0.3, -0.25) is 14.9 Å². The number of aromatic nitrogens is 3. The highest BCUT2D eigenvalue weighted by Crippen LogP contribution is 1.96. The van der Waals surface area contributed by atoms with Gasteiger partial charge in [0.05, 0.1) is 12.7 Å². The lowest BCUT2D eigenvalue weighted by Crippen LogP contribution is -2.55. The predicted molar refractivity (Wildman–Crippen MR) is 65.1 cm³/mol. The molecule has 0 unspecified atom stereocenters. The molecule has 1 aromatic heterocycles. The van der Waals surface area contributed by atoms with Crippen molar-refractivity contribution in [3.05, 3.63) is 11.9 Å². The fourth-order valence-corrected chi connectivity index (χ4v) is 1.68. The monoisotopic (exact) mass is 296 g/mol. The lowest BCUT2D eigenvalue weighted by molar-refractivity contribution is -0.134. The normalized spacial score (nSPS) is 14.8. The van der Waals surface area contributed by atoms with Gasteiger partial charge in [0.2, 0.25) is 11.8 Å². The van der Waals surface area contributed by atoms with Crippen molar-refractivity contribution >= 4 is 23.8 Å². The van der Waals surface area contributed by atoms with Crippen LogP contribution in [0, 0.1) is 0 Å². The average molecular weight is 296 g/mol. The van der Waals surface area contributed by atoms with Gasteiger partial charge in [0.15, 0.2) is 5.69 Å². The van der Waals surface area contributed by atoms with E-state index in [0.717, 1.165) is 4.90 Å². The van der Waals surface area contributed by atoms with E-state index in [4.69, 9.17) is 5.11 Å². The summed E-state index contributed by atoms with van der Waals surface area (Å²) in [6.07, 6.45) is 1.23. The minimum Gasteiger partial charge on any atom is -0.476 e. The molecular formula is C10H12N6O5. The highest BCUT2D eigenvalue weighted by atomic mass is 16.4. The number of hydrogen-bond acceptors (Lipinski definition) is 6. The lowest BCUT2D eigenvalue weighted by atomic mass is 10.3. The topological polar surface area (TPSA) is 147 Å². The van der Waals surface area contributed by atoms with Crippen molar-refractivity contribution in [2.24, 2.45) is 0 Å². The molecule has 2 rings (SSSR count). The number of carbonyl (C=O) groups is 4. The number of carbonyl (C=O) groups excluding carboxylic acids is 3. The molecule has 11 heteroatoms. The molecule has 0 atom stereocenters. The van der Waals surface area contributed by atoms with Crippen LogP contribution < -0.4 is 10.6 Å². The Labute approximate surface area is 117 Å². The first-order valence-electron chi connectivity index (χ1n) is 5.94. The number of carboxylic acids is 1. The van der Waals surface area contributed by atoms with Gasteiger partial charge in [0.1, 0.15) is 13.1 Å². The summed E-state index contributed by atoms with van der Waals surface area (Å²) in [4.78, 5) is 45.7. The number of aromatic carboxylic acids is 1. The van der Waals surface area contributed by atoms with Gasteiger partial charge in [-0.05, 0) is 0 Å². The summed E-state index contributed by atoms with van der Waals surface area (Å²) in [6, 6.07) is -0.559. The zero-order valence-corrected chi connectivity index (χ0v) is 10.8. The number of rotatable bonds is 4. The molecular weight excluding hydrogens is 284 g/mol. The van der Waals surface area contributed by atoms with Crippen molar-refractivity contribution in [3.8, 4) is 0 Å². The van der Waals surface area contributed by atoms with Gasteiger partial charge in [-0.25, -0.2) is 14.3 Å². The van der Waals surface area contributed by atoms with Crippen molar-refractivity contribution < 1.29 is 24.3 Å². The van der Waals surface area contributed by atoms with E-state index in [1.165, 1.54) is 10.9 Å². The summed E-state index contributed by atoms with van der Waals surface area (Å²) < 4.78 is 1.26. The molecule has 1 aromatic rings. The summed E-state index contributed by atoms with van der Waals surface area (Å²) in [5.74, 6) is -2.27. The van der Waals surface area contributed by atoms with Crippen LogP contribution in [-0.2, 0) is 16.1 Å². The molecule has 0 aliphatic carbocycles. The van der Waals surface area contributed by atoms with Crippen LogP contribution in [0.4, 0.5) is 4.79 Å². The second-order valence-corrected chi connectivity index (χ2v) is 4.23. The van der Waals surface area contributed by atoms with Crippen LogP contribution in [0.1, 0.15) is 10.5 Å². The zero-order valence-electron chi connectivity index (χ0n) is 10.8. The molecule has 1 saturated heterocycles. The van der Waals surface area contributed by atoms with E-state index in [0.29, 0.717) is 0 Å². The van der Waals surface area contributed by atoms with Crippen LogP contribution in [-0.4, -0.2) is 68.4 Å². The van der Waals surface area contributed by atoms with Gasteiger partial charge in [-0.2, -0.15) is 0 Å². The molecule has 0 saturated carbocycles. The predicted octanol–water partition coefficient (Wildman–Crippen LogP) is -2.36. The third-order valence-electron chi connectivity index (χ3n) is 2.61. The molecule has 3 N–H and O–H groups in total. The first-order chi connectivity index (χ1) is 9.95. The molecule has 0 bridgehead atoms. The van der Waals surface area contributed by atoms with Crippen molar-refractivity contribution in [3.63, 3.8) is 0 Å². The molecule has 2 heterocycles. The second kappa shape index (κ2) is 5.98. The molecule has 1 fully saturated rings. The maximum Gasteiger partial charge on any atom is 0.358 e. The Hall–Kier alpha value is -2.98. The third-order valence-corrected chi connectivity index (χ3v) is 2.61. The smallest absolute Gasteiger partial charge is 0.358 e. The summed E-state index contributed by atoms with van der Waals surface area (Å²) >= 11 is 0. The fraction of sp³-hybridized carbons (Fsp3) is 0.400. The van der Waals surface area contributed by atoms with Gasteiger partial charge >= 0.3 is 12.0 Å². The zero-order chi connectivity index (χ0) is 15.4. The largest absolute Gasteiger partial charge is 0.476 e. The average Bonchev–Trinajstić information content (AvgIpc) is 2.86. The molecule has 4 amide bonds. The Bertz CT molecular complexity index is 581. The molecule has 0 aromatic carbocycles. The molecule has 11 nitrogen and oxygen atoms in total. The minimum absolute atomic E-state index is 0.146. The van der Waals surface area contributed by atoms with Crippen molar-refractivity contribution in [1.82, 2.24) is 30.5 Å². The van der Waals surface area contributed by atoms with Gasteiger partial charge in [0.25, 0.3) is 0 Å². The van der Waals surface area contributed by atoms with E-state index >= 15 is 0 Å². The Morgan fingerprint density at radius 3 is 2.57 bits per heavy atom. The van der Waals surface area contributed by atoms with Crippen LogP contribution in [0.15, 0.2) is 6.20 Å². The number of nitrogens with zero attached hydrogens (tertiary/aromatic N) is 4. The number of hydrogen-bond donors (Lipinski definition) is 3. The first-order valence-corrected chi connectivity index (χ1v) is 5.94. The maximum absolute atomic E-state index is 11.7. The Kier molecular flexibility index (Phi) is 4.11. The number of carboxylic acid groups (broad SMARTS) is 1. The molecule has 21 heavy (non-hydrogen) atoms. The van der Waals surface area contributed by atoms with Crippen molar-refractivity contribution in [2.45, 2.75) is 6.54 Å². The maximum atomic E-state index is 11.7. The van der Waals surface area contributed by atoms with Gasteiger partial charge in [0, 0.05) is 6.54 Å². The molecule has 112 valence electrons. The Balaban J connectivity index is 1.79. The van der Waals surface area contributed by atoms with Gasteiger partial charge < -0.3 is 15.3 Å². The first kappa shape index (κ1) is 14.4. The SMILES string of the molecule is O=C1CN(C(=O)NCCn2cc(C(=O)O)nn2)CC(=O)N1. The minimum atomic E-state index is -1.19. The number of piperazine rings is 1. The molecule has 0 spiro atoms. The van der Waals surface area contributed by atoms with Crippen LogP contribution in [0.2, 0.25) is 0 Å². The summed E-state index contributed by atoms with van der Waals surface area (Å²) in [7, 11) is 0. The van der Waals surface area contributed by atoms with E-state index in [1.54, 1.807) is 0 Å². The highest BCUT2D eigenvalue weighted by molar-refractivity contribution is 6.02. The van der Waals surface area contributed by atoms with E-state index < -0.39 is 23.8 Å². The summed E-state index contributed by atoms with van der Waals surface area (Å²) in [6.45, 7) is -0.0261. The number of nitrogens with one attached hydrogen (secondary N) is 2. The van der Waals surface area contributed by atoms with Gasteiger partial charge in [-0.15, -0.1) is 5.10 Å². The van der Waals surface area contributed by atoms with Crippen molar-refractivity contribution in [2.75, 3.05) is 19.6 Å². The van der Waals surface area contributed by atoms with Crippen LogP contribution in [0.25, 0.3) is 0 Å². The van der Waals surface area contributed by atoms with E-state index in [1.807, 2.05) is 0 Å². The molecule has 1 aliphatic heterocycles. The quantitative estimate of drug-likeness (QED) is 0.527. The van der Waals surface area contributed by atoms with Gasteiger partial charge in [-0.1, -0.05) is 5.21 Å². The Morgan fingerprint density at radius 1 is 1.33 bits per heavy atom. The van der Waals surface area contributed by atoms with Crippen LogP contribution in [0.5, 0.6) is 0 Å². The second-order valence-electron chi connectivity index (χ2n) is 4.23.